The topological polar surface area (TPSA) is 99.2 Å². The molecular weight excluding hydrogens is 444 g/mol. The number of ether oxygens (including phenoxy) is 1. The Morgan fingerprint density at radius 1 is 1.27 bits per heavy atom. The number of hydrogen-bond donors (Lipinski definition) is 1. The quantitative estimate of drug-likeness (QED) is 0.473. The summed E-state index contributed by atoms with van der Waals surface area (Å²) >= 11 is 6.52. The monoisotopic (exact) mass is 466 g/mol. The van der Waals surface area contributed by atoms with Crippen molar-refractivity contribution in [3.8, 4) is 5.75 Å². The van der Waals surface area contributed by atoms with Crippen LogP contribution in [0.25, 0.3) is 21.8 Å². The highest BCUT2D eigenvalue weighted by Gasteiger charge is 2.28. The fraction of sp³-hybridized carbons (Fsp3) is 0.333. The highest BCUT2D eigenvalue weighted by atomic mass is 35.5. The van der Waals surface area contributed by atoms with Crippen LogP contribution < -0.4 is 15.6 Å². The number of aryl methyl sites for hydroxylation is 1. The van der Waals surface area contributed by atoms with Crippen molar-refractivity contribution in [2.45, 2.75) is 44.7 Å². The number of nitrogens with one attached hydrogen (secondary N) is 1. The Bertz CT molecular complexity index is 1380. The number of rotatable bonds is 5. The van der Waals surface area contributed by atoms with Gasteiger partial charge >= 0.3 is 0 Å². The third kappa shape index (κ3) is 4.06. The van der Waals surface area contributed by atoms with E-state index in [2.05, 4.69) is 15.5 Å². The van der Waals surface area contributed by atoms with Crippen molar-refractivity contribution >= 4 is 39.3 Å². The van der Waals surface area contributed by atoms with Gasteiger partial charge in [-0.05, 0) is 56.9 Å². The molecule has 0 aliphatic heterocycles. The van der Waals surface area contributed by atoms with Gasteiger partial charge in [-0.15, -0.1) is 0 Å². The summed E-state index contributed by atoms with van der Waals surface area (Å²) in [5.74, 6) is 0.815. The van der Waals surface area contributed by atoms with Gasteiger partial charge in [0, 0.05) is 23.7 Å². The largest absolute Gasteiger partial charge is 0.482 e. The zero-order valence-corrected chi connectivity index (χ0v) is 18.8. The minimum atomic E-state index is -0.199. The second-order valence-corrected chi connectivity index (χ2v) is 8.74. The maximum atomic E-state index is 13.5. The lowest BCUT2D eigenvalue weighted by Gasteiger charge is -2.32. The van der Waals surface area contributed by atoms with Crippen molar-refractivity contribution in [1.82, 2.24) is 20.0 Å². The van der Waals surface area contributed by atoms with Crippen LogP contribution in [0.1, 0.15) is 37.5 Å². The Labute approximate surface area is 194 Å². The number of nitrogens with zero attached hydrogens (tertiary/aromatic N) is 3. The summed E-state index contributed by atoms with van der Waals surface area (Å²) in [6.45, 7) is 1.65. The van der Waals surface area contributed by atoms with Gasteiger partial charge < -0.3 is 19.1 Å². The highest BCUT2D eigenvalue weighted by Crippen LogP contribution is 2.35. The molecule has 0 radical (unpaired) electrons. The van der Waals surface area contributed by atoms with Crippen molar-refractivity contribution in [3.63, 3.8) is 0 Å². The normalized spacial score (nSPS) is 18.5. The molecule has 9 heteroatoms. The van der Waals surface area contributed by atoms with E-state index in [4.69, 9.17) is 20.9 Å². The number of halogens is 1. The molecule has 5 rings (SSSR count). The molecule has 2 unspecified atom stereocenters. The van der Waals surface area contributed by atoms with Gasteiger partial charge in [0.25, 0.3) is 11.5 Å². The lowest BCUT2D eigenvalue weighted by atomic mass is 9.90. The van der Waals surface area contributed by atoms with Gasteiger partial charge in [-0.2, -0.15) is 0 Å². The number of amides is 1. The number of pyridine rings is 2. The standard InChI is InChI=1S/C24H23ClN4O4/c1-14-21-23(28-33-14)22-18(25)8-3-9-19(22)29(24(21)31)16-6-2-5-15(11-16)27-20(30)13-32-17-7-4-10-26-12-17/h3-4,7-10,12,15-16H,2,5-6,11,13H2,1H3,(H,27,30). The average molecular weight is 467 g/mol. The molecule has 8 nitrogen and oxygen atoms in total. The van der Waals surface area contributed by atoms with Gasteiger partial charge in [0.2, 0.25) is 0 Å². The fourth-order valence-corrected chi connectivity index (χ4v) is 4.97. The molecule has 1 N–H and O–H groups in total. The lowest BCUT2D eigenvalue weighted by molar-refractivity contribution is -0.124. The second kappa shape index (κ2) is 8.86. The third-order valence-corrected chi connectivity index (χ3v) is 6.48. The van der Waals surface area contributed by atoms with Gasteiger partial charge in [0.15, 0.2) is 6.61 Å². The predicted molar refractivity (Wildman–Crippen MR) is 125 cm³/mol. The van der Waals surface area contributed by atoms with Crippen LogP contribution in [0.2, 0.25) is 5.02 Å². The van der Waals surface area contributed by atoms with Crippen LogP contribution in [0.5, 0.6) is 5.75 Å². The first-order chi connectivity index (χ1) is 16.0. The number of benzene rings is 1. The Balaban J connectivity index is 1.41. The Hall–Kier alpha value is -3.39. The number of fused-ring (bicyclic) bond motifs is 3. The summed E-state index contributed by atoms with van der Waals surface area (Å²) in [6.07, 6.45) is 6.40. The van der Waals surface area contributed by atoms with Crippen molar-refractivity contribution in [2.24, 2.45) is 0 Å². The van der Waals surface area contributed by atoms with Crippen LogP contribution in [-0.4, -0.2) is 33.3 Å². The molecule has 1 amide bonds. The molecule has 1 aromatic carbocycles. The predicted octanol–water partition coefficient (Wildman–Crippen LogP) is 4.18. The van der Waals surface area contributed by atoms with E-state index in [0.717, 1.165) is 24.8 Å². The molecule has 0 spiro atoms. The molecule has 170 valence electrons. The molecule has 3 aromatic heterocycles. The molecule has 33 heavy (non-hydrogen) atoms. The molecule has 1 saturated carbocycles. The molecular formula is C24H23ClN4O4. The third-order valence-electron chi connectivity index (χ3n) is 6.16. The van der Waals surface area contributed by atoms with E-state index in [1.54, 1.807) is 42.1 Å². The molecule has 0 bridgehead atoms. The SMILES string of the molecule is Cc1onc2c1c(=O)n(C1CCCC(NC(=O)COc3cccnc3)C1)c1cccc(Cl)c21. The first-order valence-corrected chi connectivity index (χ1v) is 11.3. The zero-order valence-electron chi connectivity index (χ0n) is 18.1. The summed E-state index contributed by atoms with van der Waals surface area (Å²) in [5.41, 5.74) is 1.07. The Kier molecular flexibility index (Phi) is 5.76. The summed E-state index contributed by atoms with van der Waals surface area (Å²) in [4.78, 5) is 30.0. The summed E-state index contributed by atoms with van der Waals surface area (Å²) in [5, 5.41) is 8.84. The van der Waals surface area contributed by atoms with Crippen LogP contribution in [0.15, 0.2) is 52.0 Å². The summed E-state index contributed by atoms with van der Waals surface area (Å²) in [6, 6.07) is 8.86. The first-order valence-electron chi connectivity index (χ1n) is 10.9. The maximum Gasteiger partial charge on any atom is 0.264 e. The van der Waals surface area contributed by atoms with Gasteiger partial charge in [0.1, 0.15) is 22.4 Å². The van der Waals surface area contributed by atoms with E-state index in [0.29, 0.717) is 39.2 Å². The van der Waals surface area contributed by atoms with E-state index in [1.165, 1.54) is 0 Å². The lowest BCUT2D eigenvalue weighted by Crippen LogP contribution is -2.42. The fourth-order valence-electron chi connectivity index (χ4n) is 4.72. The summed E-state index contributed by atoms with van der Waals surface area (Å²) < 4.78 is 12.6. The maximum absolute atomic E-state index is 13.5. The van der Waals surface area contributed by atoms with Gasteiger partial charge in [-0.25, -0.2) is 0 Å². The van der Waals surface area contributed by atoms with Gasteiger partial charge in [0.05, 0.1) is 16.7 Å². The zero-order chi connectivity index (χ0) is 22.9. The summed E-state index contributed by atoms with van der Waals surface area (Å²) in [7, 11) is 0. The number of aromatic nitrogens is 3. The molecule has 4 aromatic rings. The van der Waals surface area contributed by atoms with E-state index >= 15 is 0 Å². The number of carbonyl (C=O) groups excluding carboxylic acids is 1. The van der Waals surface area contributed by atoms with Crippen LogP contribution in [0.3, 0.4) is 0 Å². The van der Waals surface area contributed by atoms with Crippen LogP contribution >= 0.6 is 11.6 Å². The Morgan fingerprint density at radius 2 is 2.15 bits per heavy atom. The molecule has 1 aliphatic carbocycles. The van der Waals surface area contributed by atoms with Crippen molar-refractivity contribution in [2.75, 3.05) is 6.61 Å². The van der Waals surface area contributed by atoms with E-state index in [1.807, 2.05) is 12.1 Å². The van der Waals surface area contributed by atoms with Crippen molar-refractivity contribution in [3.05, 3.63) is 63.9 Å². The number of carbonyl (C=O) groups is 1. The smallest absolute Gasteiger partial charge is 0.264 e. The van der Waals surface area contributed by atoms with Crippen LogP contribution in [-0.2, 0) is 4.79 Å². The molecule has 1 aliphatic rings. The average Bonchev–Trinajstić information content (AvgIpc) is 3.20. The highest BCUT2D eigenvalue weighted by molar-refractivity contribution is 6.37. The molecule has 3 heterocycles. The van der Waals surface area contributed by atoms with Crippen LogP contribution in [0, 0.1) is 6.92 Å². The first kappa shape index (κ1) is 21.5. The molecule has 2 atom stereocenters. The molecule has 0 saturated heterocycles. The van der Waals surface area contributed by atoms with E-state index in [-0.39, 0.29) is 30.2 Å². The molecule has 1 fully saturated rings. The van der Waals surface area contributed by atoms with Crippen LogP contribution in [0.4, 0.5) is 0 Å². The number of hydrogen-bond acceptors (Lipinski definition) is 6. The Morgan fingerprint density at radius 3 is 2.97 bits per heavy atom. The van der Waals surface area contributed by atoms with E-state index < -0.39 is 0 Å². The van der Waals surface area contributed by atoms with Gasteiger partial charge in [-0.1, -0.05) is 22.8 Å². The van der Waals surface area contributed by atoms with Crippen molar-refractivity contribution < 1.29 is 14.1 Å². The van der Waals surface area contributed by atoms with E-state index in [9.17, 15) is 9.59 Å². The van der Waals surface area contributed by atoms with Crippen molar-refractivity contribution in [1.29, 1.82) is 0 Å². The van der Waals surface area contributed by atoms with Gasteiger partial charge in [-0.3, -0.25) is 14.6 Å². The minimum Gasteiger partial charge on any atom is -0.482 e. The second-order valence-electron chi connectivity index (χ2n) is 8.33. The minimum absolute atomic E-state index is 0.0610.